The average Bonchev–Trinajstić information content (AvgIpc) is 3.39. The summed E-state index contributed by atoms with van der Waals surface area (Å²) in [5, 5.41) is 2.17. The van der Waals surface area contributed by atoms with Gasteiger partial charge in [-0.15, -0.1) is 0 Å². The molecule has 4 nitrogen and oxygen atoms in total. The zero-order valence-electron chi connectivity index (χ0n) is 13.2. The molecule has 5 heteroatoms. The number of amides is 1. The summed E-state index contributed by atoms with van der Waals surface area (Å²) >= 11 is 0. The highest BCUT2D eigenvalue weighted by molar-refractivity contribution is 5.94. The van der Waals surface area contributed by atoms with E-state index in [0.717, 1.165) is 44.5 Å². The van der Waals surface area contributed by atoms with E-state index in [9.17, 15) is 9.18 Å². The number of hydrazine groups is 1. The lowest BCUT2D eigenvalue weighted by molar-refractivity contribution is -0.129. The number of halogens is 1. The van der Waals surface area contributed by atoms with Crippen molar-refractivity contribution in [3.05, 3.63) is 47.3 Å². The molecule has 3 aliphatic rings. The lowest BCUT2D eigenvalue weighted by atomic mass is 9.89. The third-order valence-corrected chi connectivity index (χ3v) is 5.03. The molecule has 2 heterocycles. The van der Waals surface area contributed by atoms with Crippen molar-refractivity contribution in [2.24, 2.45) is 5.92 Å². The molecule has 2 atom stereocenters. The molecule has 0 aromatic heterocycles. The maximum absolute atomic E-state index is 14.0. The van der Waals surface area contributed by atoms with Crippen LogP contribution < -0.4 is 5.43 Å². The van der Waals surface area contributed by atoms with Crippen LogP contribution in [0.3, 0.4) is 0 Å². The van der Waals surface area contributed by atoms with Crippen LogP contribution in [-0.4, -0.2) is 41.5 Å². The van der Waals surface area contributed by atoms with Crippen molar-refractivity contribution in [2.45, 2.75) is 31.8 Å². The molecule has 1 N–H and O–H groups in total. The van der Waals surface area contributed by atoms with Gasteiger partial charge in [0.1, 0.15) is 5.82 Å². The van der Waals surface area contributed by atoms with E-state index in [1.165, 1.54) is 6.07 Å². The Morgan fingerprint density at radius 1 is 1.30 bits per heavy atom. The molecule has 1 aliphatic carbocycles. The van der Waals surface area contributed by atoms with Crippen molar-refractivity contribution in [1.29, 1.82) is 0 Å². The van der Waals surface area contributed by atoms with E-state index in [4.69, 9.17) is 0 Å². The third-order valence-electron chi connectivity index (χ3n) is 5.03. The van der Waals surface area contributed by atoms with E-state index < -0.39 is 0 Å². The summed E-state index contributed by atoms with van der Waals surface area (Å²) in [6.07, 6.45) is 5.11. The van der Waals surface area contributed by atoms with Crippen molar-refractivity contribution in [1.82, 2.24) is 15.3 Å². The Morgan fingerprint density at radius 3 is 2.91 bits per heavy atom. The summed E-state index contributed by atoms with van der Waals surface area (Å²) in [4.78, 5) is 15.0. The fourth-order valence-electron chi connectivity index (χ4n) is 3.58. The molecule has 1 aromatic rings. The number of carbonyl (C=O) groups excluding carboxylic acids is 1. The molecule has 2 unspecified atom stereocenters. The van der Waals surface area contributed by atoms with E-state index in [2.05, 4.69) is 16.5 Å². The van der Waals surface area contributed by atoms with Gasteiger partial charge in [0.25, 0.3) is 0 Å². The number of hydrogen-bond acceptors (Lipinski definition) is 3. The zero-order valence-corrected chi connectivity index (χ0v) is 13.2. The number of benzene rings is 1. The van der Waals surface area contributed by atoms with Crippen LogP contribution in [0.1, 0.15) is 24.8 Å². The molecule has 23 heavy (non-hydrogen) atoms. The molecule has 2 aliphatic heterocycles. The summed E-state index contributed by atoms with van der Waals surface area (Å²) in [7, 11) is 0. The van der Waals surface area contributed by atoms with Gasteiger partial charge in [0, 0.05) is 49.3 Å². The highest BCUT2D eigenvalue weighted by Crippen LogP contribution is 2.33. The molecule has 1 aromatic carbocycles. The SMILES string of the molecule is O=C(C1=CCN2CC1CCN2)N(Cc1ccccc1F)C1CC1. The fourth-order valence-corrected chi connectivity index (χ4v) is 3.58. The molecule has 1 saturated heterocycles. The van der Waals surface area contributed by atoms with Gasteiger partial charge >= 0.3 is 0 Å². The van der Waals surface area contributed by atoms with Crippen LogP contribution in [-0.2, 0) is 11.3 Å². The molecule has 4 rings (SSSR count). The minimum absolute atomic E-state index is 0.113. The van der Waals surface area contributed by atoms with Crippen molar-refractivity contribution in [3.8, 4) is 0 Å². The summed E-state index contributed by atoms with van der Waals surface area (Å²) in [6.45, 7) is 2.97. The summed E-state index contributed by atoms with van der Waals surface area (Å²) in [5.41, 5.74) is 4.88. The van der Waals surface area contributed by atoms with Crippen LogP contribution in [0.15, 0.2) is 35.9 Å². The lowest BCUT2D eigenvalue weighted by Gasteiger charge is -2.39. The second-order valence-corrected chi connectivity index (χ2v) is 6.71. The maximum atomic E-state index is 14.0. The van der Waals surface area contributed by atoms with Gasteiger partial charge in [0.15, 0.2) is 0 Å². The molecule has 2 fully saturated rings. The Morgan fingerprint density at radius 2 is 2.13 bits per heavy atom. The van der Waals surface area contributed by atoms with Crippen LogP contribution in [0, 0.1) is 11.7 Å². The second kappa shape index (κ2) is 6.06. The van der Waals surface area contributed by atoms with Crippen molar-refractivity contribution < 1.29 is 9.18 Å². The number of fused-ring (bicyclic) bond motifs is 2. The van der Waals surface area contributed by atoms with Crippen molar-refractivity contribution >= 4 is 5.91 Å². The van der Waals surface area contributed by atoms with Gasteiger partial charge in [-0.1, -0.05) is 24.3 Å². The van der Waals surface area contributed by atoms with Gasteiger partial charge < -0.3 is 4.90 Å². The van der Waals surface area contributed by atoms with Crippen LogP contribution in [0.5, 0.6) is 0 Å². The van der Waals surface area contributed by atoms with Gasteiger partial charge in [0.05, 0.1) is 0 Å². The number of nitrogens with zero attached hydrogens (tertiary/aromatic N) is 2. The second-order valence-electron chi connectivity index (χ2n) is 6.71. The topological polar surface area (TPSA) is 35.6 Å². The van der Waals surface area contributed by atoms with E-state index >= 15 is 0 Å². The predicted octanol–water partition coefficient (Wildman–Crippen LogP) is 2.08. The van der Waals surface area contributed by atoms with Crippen molar-refractivity contribution in [3.63, 3.8) is 0 Å². The summed E-state index contributed by atoms with van der Waals surface area (Å²) in [5.74, 6) is 0.193. The number of rotatable bonds is 4. The minimum atomic E-state index is -0.225. The normalized spacial score (nSPS) is 26.6. The Kier molecular flexibility index (Phi) is 3.91. The lowest BCUT2D eigenvalue weighted by Crippen LogP contribution is -2.52. The van der Waals surface area contributed by atoms with E-state index in [1.54, 1.807) is 12.1 Å². The quantitative estimate of drug-likeness (QED) is 0.924. The Hall–Kier alpha value is -1.72. The van der Waals surface area contributed by atoms with Crippen molar-refractivity contribution in [2.75, 3.05) is 19.6 Å². The van der Waals surface area contributed by atoms with Gasteiger partial charge in [-0.05, 0) is 25.3 Å². The molecule has 122 valence electrons. The molecule has 0 spiro atoms. The molecule has 0 radical (unpaired) electrons. The van der Waals surface area contributed by atoms with E-state index in [1.807, 2.05) is 11.0 Å². The minimum Gasteiger partial charge on any atom is -0.332 e. The van der Waals surface area contributed by atoms with Crippen LogP contribution in [0.25, 0.3) is 0 Å². The fraction of sp³-hybridized carbons (Fsp3) is 0.500. The van der Waals surface area contributed by atoms with Gasteiger partial charge in [-0.25, -0.2) is 9.40 Å². The zero-order chi connectivity index (χ0) is 15.8. The predicted molar refractivity (Wildman–Crippen MR) is 85.7 cm³/mol. The molecule has 1 saturated carbocycles. The monoisotopic (exact) mass is 315 g/mol. The summed E-state index contributed by atoms with van der Waals surface area (Å²) in [6, 6.07) is 7.05. The molecular weight excluding hydrogens is 293 g/mol. The van der Waals surface area contributed by atoms with Crippen LogP contribution in [0.4, 0.5) is 4.39 Å². The first-order valence-electron chi connectivity index (χ1n) is 8.45. The first-order chi connectivity index (χ1) is 11.2. The standard InChI is InChI=1S/C18H22FN3O/c19-17-4-2-1-3-14(17)12-22(15-5-6-15)18(23)16-8-10-21-11-13(16)7-9-20-21/h1-4,8,13,15,20H,5-7,9-12H2. The number of carbonyl (C=O) groups is 1. The smallest absolute Gasteiger partial charge is 0.250 e. The molecule has 2 bridgehead atoms. The first kappa shape index (κ1) is 14.8. The van der Waals surface area contributed by atoms with Crippen LogP contribution in [0.2, 0.25) is 0 Å². The van der Waals surface area contributed by atoms with Gasteiger partial charge in [-0.3, -0.25) is 10.2 Å². The van der Waals surface area contributed by atoms with E-state index in [0.29, 0.717) is 18.0 Å². The largest absolute Gasteiger partial charge is 0.332 e. The Bertz CT molecular complexity index is 641. The third kappa shape index (κ3) is 3.03. The highest BCUT2D eigenvalue weighted by atomic mass is 19.1. The average molecular weight is 315 g/mol. The summed E-state index contributed by atoms with van der Waals surface area (Å²) < 4.78 is 14.0. The Balaban J connectivity index is 1.55. The molecule has 1 amide bonds. The number of hydrogen-bond donors (Lipinski definition) is 1. The maximum Gasteiger partial charge on any atom is 0.250 e. The molecular formula is C18H22FN3O. The van der Waals surface area contributed by atoms with Crippen LogP contribution >= 0.6 is 0 Å². The van der Waals surface area contributed by atoms with E-state index in [-0.39, 0.29) is 17.8 Å². The Labute approximate surface area is 135 Å². The van der Waals surface area contributed by atoms with Gasteiger partial charge in [0.2, 0.25) is 5.91 Å². The number of nitrogens with one attached hydrogen (secondary N) is 1. The highest BCUT2D eigenvalue weighted by Gasteiger charge is 2.38. The van der Waals surface area contributed by atoms with Gasteiger partial charge in [-0.2, -0.15) is 0 Å². The first-order valence-corrected chi connectivity index (χ1v) is 8.45.